The van der Waals surface area contributed by atoms with Crippen molar-refractivity contribution in [3.63, 3.8) is 0 Å². The van der Waals surface area contributed by atoms with Gasteiger partial charge in [0.25, 0.3) is 0 Å². The van der Waals surface area contributed by atoms with Gasteiger partial charge in [0.15, 0.2) is 0 Å². The lowest BCUT2D eigenvalue weighted by Gasteiger charge is -2.19. The second-order valence-electron chi connectivity index (χ2n) is 8.18. The Labute approximate surface area is 171 Å². The van der Waals surface area contributed by atoms with Gasteiger partial charge in [-0.2, -0.15) is 4.98 Å². The summed E-state index contributed by atoms with van der Waals surface area (Å²) in [4.78, 5) is 13.7. The van der Waals surface area contributed by atoms with Gasteiger partial charge in [0, 0.05) is 29.0 Å². The quantitative estimate of drug-likeness (QED) is 0.445. The molecule has 2 N–H and O–H groups in total. The third-order valence-corrected chi connectivity index (χ3v) is 4.76. The number of fused-ring (bicyclic) bond motifs is 1. The van der Waals surface area contributed by atoms with E-state index < -0.39 is 0 Å². The van der Waals surface area contributed by atoms with E-state index >= 15 is 0 Å². The molecule has 0 saturated carbocycles. The van der Waals surface area contributed by atoms with Gasteiger partial charge in [0.05, 0.1) is 11.2 Å². The van der Waals surface area contributed by atoms with Crippen molar-refractivity contribution in [1.82, 2.24) is 15.0 Å². The first kappa shape index (κ1) is 18.9. The highest BCUT2D eigenvalue weighted by Crippen LogP contribution is 2.26. The second kappa shape index (κ2) is 7.51. The number of anilines is 4. The lowest BCUT2D eigenvalue weighted by atomic mass is 9.87. The number of para-hydroxylation sites is 1. The van der Waals surface area contributed by atoms with Crippen molar-refractivity contribution in [2.24, 2.45) is 0 Å². The molecule has 5 nitrogen and oxygen atoms in total. The SMILES string of the molecule is Cc1cc(Nc2cccc3cccnc23)nc(Nc2ccc(C(C)(C)C)cc2)n1. The Morgan fingerprint density at radius 1 is 0.828 bits per heavy atom. The van der Waals surface area contributed by atoms with Gasteiger partial charge >= 0.3 is 0 Å². The maximum atomic E-state index is 4.64. The Hall–Kier alpha value is -3.47. The minimum Gasteiger partial charge on any atom is -0.338 e. The van der Waals surface area contributed by atoms with Crippen LogP contribution in [-0.4, -0.2) is 15.0 Å². The fourth-order valence-electron chi connectivity index (χ4n) is 3.21. The third-order valence-electron chi connectivity index (χ3n) is 4.76. The minimum atomic E-state index is 0.127. The van der Waals surface area contributed by atoms with Crippen LogP contribution >= 0.6 is 0 Å². The molecule has 0 atom stereocenters. The van der Waals surface area contributed by atoms with E-state index in [1.807, 2.05) is 43.3 Å². The molecule has 0 aliphatic heterocycles. The van der Waals surface area contributed by atoms with Crippen molar-refractivity contribution in [3.05, 3.63) is 78.1 Å². The highest BCUT2D eigenvalue weighted by Gasteiger charge is 2.13. The van der Waals surface area contributed by atoms with Crippen molar-refractivity contribution in [3.8, 4) is 0 Å². The molecule has 0 unspecified atom stereocenters. The summed E-state index contributed by atoms with van der Waals surface area (Å²) in [6.07, 6.45) is 1.80. The molecule has 0 aliphatic carbocycles. The van der Waals surface area contributed by atoms with Gasteiger partial charge < -0.3 is 10.6 Å². The Bertz CT molecular complexity index is 1140. The topological polar surface area (TPSA) is 62.7 Å². The monoisotopic (exact) mass is 383 g/mol. The summed E-state index contributed by atoms with van der Waals surface area (Å²) in [7, 11) is 0. The molecule has 146 valence electrons. The van der Waals surface area contributed by atoms with Crippen LogP contribution < -0.4 is 10.6 Å². The largest absolute Gasteiger partial charge is 0.338 e. The molecule has 4 rings (SSSR count). The first-order valence-corrected chi connectivity index (χ1v) is 9.72. The average Bonchev–Trinajstić information content (AvgIpc) is 2.68. The molecule has 29 heavy (non-hydrogen) atoms. The molecule has 2 aromatic heterocycles. The number of nitrogens with one attached hydrogen (secondary N) is 2. The summed E-state index contributed by atoms with van der Waals surface area (Å²) in [5, 5.41) is 7.78. The normalized spacial score (nSPS) is 11.4. The predicted octanol–water partition coefficient (Wildman–Crippen LogP) is 6.12. The first-order chi connectivity index (χ1) is 13.9. The Morgan fingerprint density at radius 3 is 2.34 bits per heavy atom. The number of pyridine rings is 1. The lowest BCUT2D eigenvalue weighted by Crippen LogP contribution is -2.10. The first-order valence-electron chi connectivity index (χ1n) is 9.72. The second-order valence-corrected chi connectivity index (χ2v) is 8.18. The summed E-state index contributed by atoms with van der Waals surface area (Å²) < 4.78 is 0. The third kappa shape index (κ3) is 4.35. The summed E-state index contributed by atoms with van der Waals surface area (Å²) in [5.74, 6) is 1.29. The zero-order chi connectivity index (χ0) is 20.4. The van der Waals surface area contributed by atoms with E-state index in [0.29, 0.717) is 5.95 Å². The lowest BCUT2D eigenvalue weighted by molar-refractivity contribution is 0.590. The van der Waals surface area contributed by atoms with E-state index in [4.69, 9.17) is 0 Å². The molecule has 2 aromatic carbocycles. The van der Waals surface area contributed by atoms with Crippen LogP contribution in [0.4, 0.5) is 23.1 Å². The van der Waals surface area contributed by atoms with Crippen LogP contribution in [-0.2, 0) is 5.41 Å². The van der Waals surface area contributed by atoms with E-state index in [1.54, 1.807) is 6.20 Å². The van der Waals surface area contributed by atoms with Crippen molar-refractivity contribution in [1.29, 1.82) is 0 Å². The van der Waals surface area contributed by atoms with Crippen LogP contribution in [0, 0.1) is 6.92 Å². The zero-order valence-electron chi connectivity index (χ0n) is 17.2. The number of rotatable bonds is 4. The number of aryl methyl sites for hydroxylation is 1. The van der Waals surface area contributed by atoms with Gasteiger partial charge in [-0.25, -0.2) is 4.98 Å². The molecule has 5 heteroatoms. The highest BCUT2D eigenvalue weighted by atomic mass is 15.1. The van der Waals surface area contributed by atoms with Gasteiger partial charge in [0.2, 0.25) is 5.95 Å². The number of benzene rings is 2. The average molecular weight is 383 g/mol. The molecule has 2 heterocycles. The van der Waals surface area contributed by atoms with Crippen LogP contribution in [0.25, 0.3) is 10.9 Å². The van der Waals surface area contributed by atoms with Gasteiger partial charge in [-0.15, -0.1) is 0 Å². The van der Waals surface area contributed by atoms with Crippen LogP contribution in [0.3, 0.4) is 0 Å². The molecule has 4 aromatic rings. The highest BCUT2D eigenvalue weighted by molar-refractivity contribution is 5.91. The molecular formula is C24H25N5. The van der Waals surface area contributed by atoms with Crippen LogP contribution in [0.2, 0.25) is 0 Å². The molecule has 0 saturated heterocycles. The molecule has 0 amide bonds. The van der Waals surface area contributed by atoms with E-state index in [-0.39, 0.29) is 5.41 Å². The molecule has 0 bridgehead atoms. The Balaban J connectivity index is 1.59. The number of aromatic nitrogens is 3. The molecule has 0 fully saturated rings. The Morgan fingerprint density at radius 2 is 1.59 bits per heavy atom. The van der Waals surface area contributed by atoms with Crippen molar-refractivity contribution in [2.45, 2.75) is 33.1 Å². The fraction of sp³-hybridized carbons (Fsp3) is 0.208. The number of hydrogen-bond donors (Lipinski definition) is 2. The predicted molar refractivity (Wildman–Crippen MR) is 120 cm³/mol. The summed E-state index contributed by atoms with van der Waals surface area (Å²) >= 11 is 0. The van der Waals surface area contributed by atoms with Gasteiger partial charge in [-0.3, -0.25) is 4.98 Å². The number of hydrogen-bond acceptors (Lipinski definition) is 5. The minimum absolute atomic E-state index is 0.127. The van der Waals surface area contributed by atoms with Crippen molar-refractivity contribution in [2.75, 3.05) is 10.6 Å². The van der Waals surface area contributed by atoms with E-state index in [1.165, 1.54) is 5.56 Å². The number of nitrogens with zero attached hydrogens (tertiary/aromatic N) is 3. The van der Waals surface area contributed by atoms with E-state index in [2.05, 4.69) is 70.6 Å². The Kier molecular flexibility index (Phi) is 4.89. The zero-order valence-corrected chi connectivity index (χ0v) is 17.2. The maximum Gasteiger partial charge on any atom is 0.229 e. The smallest absolute Gasteiger partial charge is 0.229 e. The molecule has 0 aliphatic rings. The standard InChI is InChI=1S/C24H25N5/c1-16-15-21(28-20-9-5-7-17-8-6-14-25-22(17)20)29-23(26-16)27-19-12-10-18(11-13-19)24(2,3)4/h5-15H,1-4H3,(H2,26,27,28,29). The van der Waals surface area contributed by atoms with Crippen LogP contribution in [0.5, 0.6) is 0 Å². The summed E-state index contributed by atoms with van der Waals surface area (Å²) in [6.45, 7) is 8.58. The van der Waals surface area contributed by atoms with Crippen LogP contribution in [0.1, 0.15) is 32.0 Å². The van der Waals surface area contributed by atoms with Gasteiger partial charge in [0.1, 0.15) is 5.82 Å². The fourth-order valence-corrected chi connectivity index (χ4v) is 3.21. The van der Waals surface area contributed by atoms with Crippen molar-refractivity contribution >= 4 is 34.0 Å². The van der Waals surface area contributed by atoms with Crippen molar-refractivity contribution < 1.29 is 0 Å². The van der Waals surface area contributed by atoms with E-state index in [0.717, 1.165) is 33.8 Å². The van der Waals surface area contributed by atoms with Gasteiger partial charge in [-0.05, 0) is 42.2 Å². The van der Waals surface area contributed by atoms with E-state index in [9.17, 15) is 0 Å². The summed E-state index contributed by atoms with van der Waals surface area (Å²) in [5.41, 5.74) is 5.09. The molecular weight excluding hydrogens is 358 g/mol. The maximum absolute atomic E-state index is 4.64. The molecule has 0 radical (unpaired) electrons. The van der Waals surface area contributed by atoms with Crippen LogP contribution in [0.15, 0.2) is 66.9 Å². The van der Waals surface area contributed by atoms with Gasteiger partial charge in [-0.1, -0.05) is 51.1 Å². The summed E-state index contributed by atoms with van der Waals surface area (Å²) in [6, 6.07) is 20.4. The molecule has 0 spiro atoms.